The first kappa shape index (κ1) is 15.1. The van der Waals surface area contributed by atoms with Crippen LogP contribution in [0, 0.1) is 0 Å². The number of aromatic nitrogens is 1. The van der Waals surface area contributed by atoms with Crippen LogP contribution in [0.3, 0.4) is 0 Å². The average Bonchev–Trinajstić information content (AvgIpc) is 2.73. The highest BCUT2D eigenvalue weighted by molar-refractivity contribution is 5.95. The van der Waals surface area contributed by atoms with Crippen LogP contribution in [0.5, 0.6) is 0 Å². The Balaban J connectivity index is 2.07. The Kier molecular flexibility index (Phi) is 4.59. The van der Waals surface area contributed by atoms with Gasteiger partial charge in [-0.15, -0.1) is 6.58 Å². The summed E-state index contributed by atoms with van der Waals surface area (Å²) in [7, 11) is 1.63. The summed E-state index contributed by atoms with van der Waals surface area (Å²) in [5.41, 5.74) is 1.66. The molecule has 1 aromatic heterocycles. The van der Waals surface area contributed by atoms with E-state index in [4.69, 9.17) is 9.15 Å². The van der Waals surface area contributed by atoms with Crippen molar-refractivity contribution in [1.82, 2.24) is 4.57 Å². The quantitative estimate of drug-likeness (QED) is 0.652. The average molecular weight is 290 g/mol. The first-order valence-electron chi connectivity index (χ1n) is 6.66. The molecule has 1 unspecified atom stereocenters. The number of benzene rings is 1. The number of nitrogens with one attached hydrogen (secondary N) is 1. The second-order valence-electron chi connectivity index (χ2n) is 4.69. The van der Waals surface area contributed by atoms with Crippen molar-refractivity contribution in [3.63, 3.8) is 0 Å². The third kappa shape index (κ3) is 3.41. The van der Waals surface area contributed by atoms with Gasteiger partial charge in [0.1, 0.15) is 6.10 Å². The lowest BCUT2D eigenvalue weighted by Gasteiger charge is -2.12. The van der Waals surface area contributed by atoms with Crippen LogP contribution in [0.1, 0.15) is 13.3 Å². The van der Waals surface area contributed by atoms with Crippen LogP contribution in [0.4, 0.5) is 5.69 Å². The molecule has 6 nitrogen and oxygen atoms in total. The third-order valence-corrected chi connectivity index (χ3v) is 3.12. The summed E-state index contributed by atoms with van der Waals surface area (Å²) in [5.74, 6) is -0.689. The Labute approximate surface area is 122 Å². The number of carbonyl (C=O) groups excluding carboxylic acids is 1. The van der Waals surface area contributed by atoms with Crippen molar-refractivity contribution in [3.8, 4) is 0 Å². The van der Waals surface area contributed by atoms with Crippen LogP contribution in [0.2, 0.25) is 0 Å². The molecule has 0 fully saturated rings. The van der Waals surface area contributed by atoms with Gasteiger partial charge in [-0.1, -0.05) is 6.08 Å². The Bertz CT molecular complexity index is 714. The predicted molar refractivity (Wildman–Crippen MR) is 80.3 cm³/mol. The molecule has 112 valence electrons. The SMILES string of the molecule is C=CCCOC(C)C(=O)Nc1ccc2c(c1)oc(=O)n2C. The zero-order valence-corrected chi connectivity index (χ0v) is 12.1. The fourth-order valence-corrected chi connectivity index (χ4v) is 1.86. The van der Waals surface area contributed by atoms with E-state index in [0.717, 1.165) is 0 Å². The van der Waals surface area contributed by atoms with Crippen LogP contribution >= 0.6 is 0 Å². The summed E-state index contributed by atoms with van der Waals surface area (Å²) in [5, 5.41) is 2.73. The molecule has 0 spiro atoms. The Morgan fingerprint density at radius 3 is 3.05 bits per heavy atom. The molecule has 0 aliphatic heterocycles. The number of rotatable bonds is 6. The predicted octanol–water partition coefficient (Wildman–Crippen LogP) is 2.05. The van der Waals surface area contributed by atoms with E-state index in [2.05, 4.69) is 11.9 Å². The van der Waals surface area contributed by atoms with E-state index in [-0.39, 0.29) is 5.91 Å². The summed E-state index contributed by atoms with van der Waals surface area (Å²) >= 11 is 0. The highest BCUT2D eigenvalue weighted by Crippen LogP contribution is 2.18. The normalized spacial score (nSPS) is 12.3. The molecule has 2 rings (SSSR count). The van der Waals surface area contributed by atoms with Gasteiger partial charge < -0.3 is 14.5 Å². The molecule has 21 heavy (non-hydrogen) atoms. The van der Waals surface area contributed by atoms with E-state index in [1.54, 1.807) is 38.2 Å². The lowest BCUT2D eigenvalue weighted by Crippen LogP contribution is -2.27. The number of aryl methyl sites for hydroxylation is 1. The largest absolute Gasteiger partial charge is 0.419 e. The molecule has 1 heterocycles. The van der Waals surface area contributed by atoms with Crippen molar-refractivity contribution in [3.05, 3.63) is 41.4 Å². The fraction of sp³-hybridized carbons (Fsp3) is 0.333. The summed E-state index contributed by atoms with van der Waals surface area (Å²) < 4.78 is 11.8. The number of ether oxygens (including phenoxy) is 1. The van der Waals surface area contributed by atoms with Crippen LogP contribution in [0.25, 0.3) is 11.1 Å². The number of oxazole rings is 1. The van der Waals surface area contributed by atoms with Crippen molar-refractivity contribution in [2.45, 2.75) is 19.4 Å². The summed E-state index contributed by atoms with van der Waals surface area (Å²) in [4.78, 5) is 23.4. The van der Waals surface area contributed by atoms with Crippen molar-refractivity contribution >= 4 is 22.7 Å². The van der Waals surface area contributed by atoms with Crippen molar-refractivity contribution in [1.29, 1.82) is 0 Å². The molecule has 6 heteroatoms. The van der Waals surface area contributed by atoms with E-state index in [9.17, 15) is 9.59 Å². The first-order chi connectivity index (χ1) is 10.0. The molecule has 0 saturated heterocycles. The van der Waals surface area contributed by atoms with Crippen LogP contribution < -0.4 is 11.1 Å². The molecular weight excluding hydrogens is 272 g/mol. The molecule has 1 N–H and O–H groups in total. The van der Waals surface area contributed by atoms with E-state index in [0.29, 0.717) is 29.8 Å². The maximum Gasteiger partial charge on any atom is 0.419 e. The molecule has 1 amide bonds. The molecular formula is C15H18N2O4. The zero-order chi connectivity index (χ0) is 15.4. The number of carbonyl (C=O) groups is 1. The minimum atomic E-state index is -0.566. The van der Waals surface area contributed by atoms with Crippen molar-refractivity contribution in [2.24, 2.45) is 7.05 Å². The second kappa shape index (κ2) is 6.41. The van der Waals surface area contributed by atoms with Gasteiger partial charge in [0.05, 0.1) is 12.1 Å². The molecule has 0 bridgehead atoms. The van der Waals surface area contributed by atoms with Crippen LogP contribution in [-0.4, -0.2) is 23.2 Å². The molecule has 0 aliphatic carbocycles. The highest BCUT2D eigenvalue weighted by atomic mass is 16.5. The van der Waals surface area contributed by atoms with Gasteiger partial charge in [-0.25, -0.2) is 4.79 Å². The van der Waals surface area contributed by atoms with Gasteiger partial charge in [0.15, 0.2) is 5.58 Å². The molecule has 1 aromatic carbocycles. The van der Waals surface area contributed by atoms with Crippen LogP contribution in [-0.2, 0) is 16.6 Å². The van der Waals surface area contributed by atoms with Gasteiger partial charge in [-0.3, -0.25) is 9.36 Å². The molecule has 0 saturated carbocycles. The molecule has 0 radical (unpaired) electrons. The maximum absolute atomic E-state index is 12.0. The standard InChI is InChI=1S/C15H18N2O4/c1-4-5-8-20-10(2)14(18)16-11-6-7-12-13(9-11)21-15(19)17(12)3/h4,6-7,9-10H,1,5,8H2,2-3H3,(H,16,18). The van der Waals surface area contributed by atoms with Gasteiger partial charge in [0.2, 0.25) is 0 Å². The first-order valence-corrected chi connectivity index (χ1v) is 6.66. The number of nitrogens with zero attached hydrogens (tertiary/aromatic N) is 1. The van der Waals surface area contributed by atoms with Gasteiger partial charge in [-0.2, -0.15) is 0 Å². The number of anilines is 1. The lowest BCUT2D eigenvalue weighted by molar-refractivity contribution is -0.126. The molecule has 0 aliphatic rings. The topological polar surface area (TPSA) is 73.5 Å². The Morgan fingerprint density at radius 1 is 1.57 bits per heavy atom. The summed E-state index contributed by atoms with van der Waals surface area (Å²) in [6, 6.07) is 5.05. The van der Waals surface area contributed by atoms with Crippen molar-refractivity contribution < 1.29 is 13.9 Å². The fourth-order valence-electron chi connectivity index (χ4n) is 1.86. The minimum absolute atomic E-state index is 0.253. The van der Waals surface area contributed by atoms with Crippen LogP contribution in [0.15, 0.2) is 40.1 Å². The number of fused-ring (bicyclic) bond motifs is 1. The van der Waals surface area contributed by atoms with Gasteiger partial charge >= 0.3 is 5.76 Å². The molecule has 2 aromatic rings. The summed E-state index contributed by atoms with van der Waals surface area (Å²) in [6.07, 6.45) is 1.86. The monoisotopic (exact) mass is 290 g/mol. The molecule has 1 atom stereocenters. The van der Waals surface area contributed by atoms with Gasteiger partial charge in [0, 0.05) is 18.8 Å². The second-order valence-corrected chi connectivity index (χ2v) is 4.69. The highest BCUT2D eigenvalue weighted by Gasteiger charge is 2.14. The van der Waals surface area contributed by atoms with E-state index < -0.39 is 11.9 Å². The van der Waals surface area contributed by atoms with E-state index >= 15 is 0 Å². The number of hydrogen-bond donors (Lipinski definition) is 1. The summed E-state index contributed by atoms with van der Waals surface area (Å²) in [6.45, 7) is 5.72. The smallest absolute Gasteiger partial charge is 0.408 e. The number of hydrogen-bond acceptors (Lipinski definition) is 4. The Morgan fingerprint density at radius 2 is 2.33 bits per heavy atom. The lowest BCUT2D eigenvalue weighted by atomic mass is 10.2. The van der Waals surface area contributed by atoms with E-state index in [1.807, 2.05) is 0 Å². The van der Waals surface area contributed by atoms with Crippen molar-refractivity contribution in [2.75, 3.05) is 11.9 Å². The third-order valence-electron chi connectivity index (χ3n) is 3.12. The maximum atomic E-state index is 12.0. The minimum Gasteiger partial charge on any atom is -0.408 e. The van der Waals surface area contributed by atoms with E-state index in [1.165, 1.54) is 4.57 Å². The Hall–Kier alpha value is -2.34. The number of amides is 1. The van der Waals surface area contributed by atoms with Gasteiger partial charge in [0.25, 0.3) is 5.91 Å². The van der Waals surface area contributed by atoms with Gasteiger partial charge in [-0.05, 0) is 25.5 Å². The zero-order valence-electron chi connectivity index (χ0n) is 12.1.